The van der Waals surface area contributed by atoms with E-state index in [9.17, 15) is 9.18 Å². The van der Waals surface area contributed by atoms with E-state index in [2.05, 4.69) is 10.1 Å². The highest BCUT2D eigenvalue weighted by molar-refractivity contribution is 5.92. The second-order valence-electron chi connectivity index (χ2n) is 5.89. The summed E-state index contributed by atoms with van der Waals surface area (Å²) in [6.07, 6.45) is 4.23. The normalized spacial score (nSPS) is 10.7. The Morgan fingerprint density at radius 3 is 2.52 bits per heavy atom. The summed E-state index contributed by atoms with van der Waals surface area (Å²) in [6.45, 7) is 2.45. The molecule has 0 atom stereocenters. The molecule has 0 radical (unpaired) electrons. The van der Waals surface area contributed by atoms with E-state index in [4.69, 9.17) is 0 Å². The molecule has 1 amide bonds. The number of benzene rings is 1. The highest BCUT2D eigenvalue weighted by Gasteiger charge is 2.17. The first-order chi connectivity index (χ1) is 12.0. The van der Waals surface area contributed by atoms with E-state index in [0.717, 1.165) is 23.4 Å². The molecule has 0 aliphatic carbocycles. The van der Waals surface area contributed by atoms with Crippen molar-refractivity contribution >= 4 is 5.91 Å². The molecule has 2 aromatic heterocycles. The van der Waals surface area contributed by atoms with Gasteiger partial charge in [0.15, 0.2) is 5.69 Å². The van der Waals surface area contributed by atoms with Crippen molar-refractivity contribution in [2.45, 2.75) is 13.3 Å². The van der Waals surface area contributed by atoms with E-state index in [-0.39, 0.29) is 11.7 Å². The van der Waals surface area contributed by atoms with Crippen molar-refractivity contribution in [1.82, 2.24) is 19.7 Å². The van der Waals surface area contributed by atoms with Crippen LogP contribution in [0.4, 0.5) is 4.39 Å². The molecule has 0 aliphatic rings. The van der Waals surface area contributed by atoms with E-state index in [1.165, 1.54) is 12.1 Å². The molecule has 0 bridgehead atoms. The molecule has 0 saturated heterocycles. The second-order valence-corrected chi connectivity index (χ2v) is 5.89. The predicted octanol–water partition coefficient (Wildman–Crippen LogP) is 3.03. The first-order valence-corrected chi connectivity index (χ1v) is 8.01. The van der Waals surface area contributed by atoms with Crippen molar-refractivity contribution in [2.24, 2.45) is 0 Å². The molecule has 0 aliphatic heterocycles. The number of hydrogen-bond donors (Lipinski definition) is 0. The fourth-order valence-corrected chi connectivity index (χ4v) is 2.57. The molecule has 0 fully saturated rings. The summed E-state index contributed by atoms with van der Waals surface area (Å²) in [7, 11) is 1.76. The van der Waals surface area contributed by atoms with Crippen molar-refractivity contribution in [3.05, 3.63) is 77.6 Å². The fraction of sp³-hybridized carbons (Fsp3) is 0.211. The lowest BCUT2D eigenvalue weighted by atomic mass is 10.2. The fourth-order valence-electron chi connectivity index (χ4n) is 2.57. The first-order valence-electron chi connectivity index (χ1n) is 8.01. The standard InChI is InChI=1S/C19H19FN4O/c1-14-13-18(22-24(14)17-5-3-16(20)4-6-17)19(25)23(2)12-9-15-7-10-21-11-8-15/h3-8,10-11,13H,9,12H2,1-2H3. The van der Waals surface area contributed by atoms with Gasteiger partial charge in [-0.1, -0.05) is 0 Å². The minimum atomic E-state index is -0.305. The van der Waals surface area contributed by atoms with E-state index in [1.807, 2.05) is 19.1 Å². The summed E-state index contributed by atoms with van der Waals surface area (Å²) in [5, 5.41) is 4.38. The van der Waals surface area contributed by atoms with Crippen LogP contribution in [0.2, 0.25) is 0 Å². The monoisotopic (exact) mass is 338 g/mol. The number of likely N-dealkylation sites (N-methyl/N-ethyl adjacent to an activating group) is 1. The number of aromatic nitrogens is 3. The second kappa shape index (κ2) is 7.25. The van der Waals surface area contributed by atoms with Gasteiger partial charge in [0.05, 0.1) is 5.69 Å². The van der Waals surface area contributed by atoms with E-state index < -0.39 is 0 Å². The first kappa shape index (κ1) is 16.8. The highest BCUT2D eigenvalue weighted by atomic mass is 19.1. The molecule has 1 aromatic carbocycles. The Kier molecular flexibility index (Phi) is 4.88. The predicted molar refractivity (Wildman–Crippen MR) is 93.2 cm³/mol. The molecule has 5 nitrogen and oxygen atoms in total. The lowest BCUT2D eigenvalue weighted by Gasteiger charge is -2.15. The van der Waals surface area contributed by atoms with Crippen LogP contribution in [-0.2, 0) is 6.42 Å². The van der Waals surface area contributed by atoms with Crippen LogP contribution in [-0.4, -0.2) is 39.2 Å². The molecule has 0 spiro atoms. The molecule has 3 aromatic rings. The Labute approximate surface area is 145 Å². The molecule has 25 heavy (non-hydrogen) atoms. The molecular weight excluding hydrogens is 319 g/mol. The quantitative estimate of drug-likeness (QED) is 0.718. The SMILES string of the molecule is Cc1cc(C(=O)N(C)CCc2ccncc2)nn1-c1ccc(F)cc1. The topological polar surface area (TPSA) is 51.0 Å². The van der Waals surface area contributed by atoms with Crippen LogP contribution in [0.1, 0.15) is 21.7 Å². The van der Waals surface area contributed by atoms with Crippen LogP contribution in [0.5, 0.6) is 0 Å². The van der Waals surface area contributed by atoms with Gasteiger partial charge in [0.1, 0.15) is 5.82 Å². The van der Waals surface area contributed by atoms with Crippen molar-refractivity contribution in [1.29, 1.82) is 0 Å². The Balaban J connectivity index is 1.72. The van der Waals surface area contributed by atoms with Gasteiger partial charge in [-0.3, -0.25) is 9.78 Å². The molecular formula is C19H19FN4O. The van der Waals surface area contributed by atoms with Crippen molar-refractivity contribution in [3.63, 3.8) is 0 Å². The Hall–Kier alpha value is -3.02. The maximum Gasteiger partial charge on any atom is 0.274 e. The van der Waals surface area contributed by atoms with Gasteiger partial charge < -0.3 is 4.90 Å². The van der Waals surface area contributed by atoms with E-state index >= 15 is 0 Å². The number of halogens is 1. The van der Waals surface area contributed by atoms with Crippen LogP contribution in [0.3, 0.4) is 0 Å². The van der Waals surface area contributed by atoms with Gasteiger partial charge in [0, 0.05) is 31.7 Å². The highest BCUT2D eigenvalue weighted by Crippen LogP contribution is 2.14. The van der Waals surface area contributed by atoms with Gasteiger partial charge in [0.25, 0.3) is 5.91 Å². The summed E-state index contributed by atoms with van der Waals surface area (Å²) in [4.78, 5) is 18.2. The van der Waals surface area contributed by atoms with Crippen molar-refractivity contribution in [2.75, 3.05) is 13.6 Å². The van der Waals surface area contributed by atoms with Gasteiger partial charge in [-0.05, 0) is 61.4 Å². The third-order valence-electron chi connectivity index (χ3n) is 4.01. The molecule has 0 unspecified atom stereocenters. The number of nitrogens with zero attached hydrogens (tertiary/aromatic N) is 4. The maximum atomic E-state index is 13.1. The number of hydrogen-bond acceptors (Lipinski definition) is 3. The summed E-state index contributed by atoms with van der Waals surface area (Å²) >= 11 is 0. The van der Waals surface area contributed by atoms with Gasteiger partial charge in [0.2, 0.25) is 0 Å². The lowest BCUT2D eigenvalue weighted by Crippen LogP contribution is -2.29. The van der Waals surface area contributed by atoms with Crippen LogP contribution >= 0.6 is 0 Å². The number of aryl methyl sites for hydroxylation is 1. The molecule has 128 valence electrons. The summed E-state index contributed by atoms with van der Waals surface area (Å²) in [5.41, 5.74) is 3.04. The third-order valence-corrected chi connectivity index (χ3v) is 4.01. The lowest BCUT2D eigenvalue weighted by molar-refractivity contribution is 0.0790. The Morgan fingerprint density at radius 1 is 1.16 bits per heavy atom. The molecule has 3 rings (SSSR count). The van der Waals surface area contributed by atoms with Gasteiger partial charge >= 0.3 is 0 Å². The molecule has 2 heterocycles. The van der Waals surface area contributed by atoms with Gasteiger partial charge in [-0.2, -0.15) is 5.10 Å². The molecule has 6 heteroatoms. The summed E-state index contributed by atoms with van der Waals surface area (Å²) < 4.78 is 14.7. The largest absolute Gasteiger partial charge is 0.340 e. The van der Waals surface area contributed by atoms with Crippen LogP contribution < -0.4 is 0 Å². The van der Waals surface area contributed by atoms with Gasteiger partial charge in [-0.25, -0.2) is 9.07 Å². The van der Waals surface area contributed by atoms with Crippen LogP contribution in [0.15, 0.2) is 54.9 Å². The average Bonchev–Trinajstić information content (AvgIpc) is 3.02. The minimum absolute atomic E-state index is 0.141. The van der Waals surface area contributed by atoms with Crippen molar-refractivity contribution in [3.8, 4) is 5.69 Å². The number of carbonyl (C=O) groups excluding carboxylic acids is 1. The smallest absolute Gasteiger partial charge is 0.274 e. The summed E-state index contributed by atoms with van der Waals surface area (Å²) in [6, 6.07) is 11.6. The summed E-state index contributed by atoms with van der Waals surface area (Å²) in [5.74, 6) is -0.446. The van der Waals surface area contributed by atoms with E-state index in [0.29, 0.717) is 12.2 Å². The number of amides is 1. The Morgan fingerprint density at radius 2 is 1.84 bits per heavy atom. The minimum Gasteiger partial charge on any atom is -0.340 e. The zero-order valence-electron chi connectivity index (χ0n) is 14.2. The van der Waals surface area contributed by atoms with E-state index in [1.54, 1.807) is 47.2 Å². The molecule has 0 saturated carbocycles. The van der Waals surface area contributed by atoms with Crippen molar-refractivity contribution < 1.29 is 9.18 Å². The zero-order valence-corrected chi connectivity index (χ0v) is 14.2. The number of rotatable bonds is 5. The third kappa shape index (κ3) is 3.91. The average molecular weight is 338 g/mol. The van der Waals surface area contributed by atoms with Gasteiger partial charge in [-0.15, -0.1) is 0 Å². The molecule has 0 N–H and O–H groups in total. The number of pyridine rings is 1. The number of carbonyl (C=O) groups is 1. The maximum absolute atomic E-state index is 13.1. The zero-order chi connectivity index (χ0) is 17.8. The van der Waals surface area contributed by atoms with Crippen LogP contribution in [0.25, 0.3) is 5.69 Å². The van der Waals surface area contributed by atoms with Crippen LogP contribution in [0, 0.1) is 12.7 Å². The Bertz CT molecular complexity index is 859.